The van der Waals surface area contributed by atoms with E-state index in [0.717, 1.165) is 25.9 Å². The second-order valence-corrected chi connectivity index (χ2v) is 7.01. The molecule has 4 heteroatoms. The normalized spacial score (nSPS) is 27.9. The van der Waals surface area contributed by atoms with Gasteiger partial charge in [-0.2, -0.15) is 0 Å². The maximum Gasteiger partial charge on any atom is 0.0543 e. The van der Waals surface area contributed by atoms with Crippen molar-refractivity contribution in [1.29, 1.82) is 0 Å². The summed E-state index contributed by atoms with van der Waals surface area (Å²) >= 11 is 0. The fourth-order valence-corrected chi connectivity index (χ4v) is 3.83. The fraction of sp³-hybridized carbons (Fsp3) is 0.722. The largest absolute Gasteiger partial charge is 0.393 e. The number of likely N-dealkylation sites (tertiary alicyclic amines) is 1. The van der Waals surface area contributed by atoms with Gasteiger partial charge < -0.3 is 10.4 Å². The molecule has 1 aliphatic carbocycles. The molecule has 2 heterocycles. The first-order valence-electron chi connectivity index (χ1n) is 8.82. The van der Waals surface area contributed by atoms with Crippen molar-refractivity contribution < 1.29 is 5.11 Å². The lowest BCUT2D eigenvalue weighted by Crippen LogP contribution is -2.44. The highest BCUT2D eigenvalue weighted by molar-refractivity contribution is 5.08. The number of rotatable bonds is 5. The molecule has 0 spiro atoms. The lowest BCUT2D eigenvalue weighted by Gasteiger charge is -2.34. The Balaban J connectivity index is 1.35. The Morgan fingerprint density at radius 3 is 2.82 bits per heavy atom. The second kappa shape index (κ2) is 8.04. The first-order valence-corrected chi connectivity index (χ1v) is 8.82. The first-order chi connectivity index (χ1) is 10.8. The van der Waals surface area contributed by atoms with Crippen LogP contribution in [-0.4, -0.2) is 46.8 Å². The number of hydrogen-bond donors (Lipinski definition) is 2. The van der Waals surface area contributed by atoms with Gasteiger partial charge in [0, 0.05) is 25.0 Å². The lowest BCUT2D eigenvalue weighted by molar-refractivity contribution is 0.0975. The van der Waals surface area contributed by atoms with Crippen LogP contribution < -0.4 is 5.32 Å². The number of piperidine rings is 1. The molecule has 2 aliphatic rings. The van der Waals surface area contributed by atoms with Crippen molar-refractivity contribution in [3.8, 4) is 0 Å². The topological polar surface area (TPSA) is 48.4 Å². The zero-order valence-corrected chi connectivity index (χ0v) is 13.5. The minimum Gasteiger partial charge on any atom is -0.393 e. The smallest absolute Gasteiger partial charge is 0.0543 e. The molecule has 122 valence electrons. The highest BCUT2D eigenvalue weighted by Gasteiger charge is 2.23. The summed E-state index contributed by atoms with van der Waals surface area (Å²) < 4.78 is 0. The lowest BCUT2D eigenvalue weighted by atomic mass is 9.87. The molecule has 4 nitrogen and oxygen atoms in total. The van der Waals surface area contributed by atoms with Gasteiger partial charge >= 0.3 is 0 Å². The van der Waals surface area contributed by atoms with Crippen molar-refractivity contribution in [3.05, 3.63) is 30.1 Å². The third-order valence-corrected chi connectivity index (χ3v) is 5.17. The van der Waals surface area contributed by atoms with E-state index in [1.807, 2.05) is 18.5 Å². The first kappa shape index (κ1) is 15.9. The minimum absolute atomic E-state index is 0.0538. The predicted octanol–water partition coefficient (Wildman–Crippen LogP) is 2.19. The molecular formula is C18H29N3O. The van der Waals surface area contributed by atoms with Gasteiger partial charge in [0.15, 0.2) is 0 Å². The molecule has 1 saturated carbocycles. The second-order valence-electron chi connectivity index (χ2n) is 7.01. The van der Waals surface area contributed by atoms with E-state index in [0.29, 0.717) is 12.0 Å². The van der Waals surface area contributed by atoms with Crippen LogP contribution >= 0.6 is 0 Å². The van der Waals surface area contributed by atoms with Gasteiger partial charge in [0.1, 0.15) is 0 Å². The highest BCUT2D eigenvalue weighted by atomic mass is 16.3. The molecule has 22 heavy (non-hydrogen) atoms. The predicted molar refractivity (Wildman–Crippen MR) is 88.5 cm³/mol. The third kappa shape index (κ3) is 4.77. The molecule has 1 aromatic rings. The summed E-state index contributed by atoms with van der Waals surface area (Å²) in [5.41, 5.74) is 1.31. The average Bonchev–Trinajstić information content (AvgIpc) is 2.55. The number of aliphatic hydroxyl groups is 1. The molecular weight excluding hydrogens is 274 g/mol. The molecule has 2 fully saturated rings. The maximum atomic E-state index is 9.75. The molecule has 0 aromatic carbocycles. The van der Waals surface area contributed by atoms with Crippen molar-refractivity contribution in [2.75, 3.05) is 19.6 Å². The minimum atomic E-state index is -0.0538. The van der Waals surface area contributed by atoms with Crippen LogP contribution in [0.2, 0.25) is 0 Å². The van der Waals surface area contributed by atoms with Gasteiger partial charge in [-0.05, 0) is 69.3 Å². The SMILES string of the molecule is OC1CCCC(CNC2CCN(Cc3cccnc3)CC2)C1. The summed E-state index contributed by atoms with van der Waals surface area (Å²) in [5, 5.41) is 13.5. The number of hydrogen-bond acceptors (Lipinski definition) is 4. The Hall–Kier alpha value is -0.970. The van der Waals surface area contributed by atoms with Crippen LogP contribution in [0.15, 0.2) is 24.5 Å². The van der Waals surface area contributed by atoms with Crippen LogP contribution in [0.5, 0.6) is 0 Å². The Morgan fingerprint density at radius 1 is 1.23 bits per heavy atom. The van der Waals surface area contributed by atoms with E-state index >= 15 is 0 Å². The Morgan fingerprint density at radius 2 is 2.09 bits per heavy atom. The van der Waals surface area contributed by atoms with Crippen molar-refractivity contribution in [3.63, 3.8) is 0 Å². The number of nitrogens with zero attached hydrogens (tertiary/aromatic N) is 2. The quantitative estimate of drug-likeness (QED) is 0.875. The summed E-state index contributed by atoms with van der Waals surface area (Å²) in [6, 6.07) is 4.83. The van der Waals surface area contributed by atoms with E-state index in [1.165, 1.54) is 44.3 Å². The van der Waals surface area contributed by atoms with Crippen molar-refractivity contribution in [2.24, 2.45) is 5.92 Å². The van der Waals surface area contributed by atoms with Crippen LogP contribution in [0.4, 0.5) is 0 Å². The average molecular weight is 303 g/mol. The van der Waals surface area contributed by atoms with Crippen molar-refractivity contribution in [1.82, 2.24) is 15.2 Å². The standard InChI is InChI=1S/C18H29N3O/c22-18-5-1-3-15(11-18)13-20-17-6-9-21(10-7-17)14-16-4-2-8-19-12-16/h2,4,8,12,15,17-18,20,22H,1,3,5-7,9-11,13-14H2. The number of aliphatic hydroxyl groups excluding tert-OH is 1. The Kier molecular flexibility index (Phi) is 5.82. The highest BCUT2D eigenvalue weighted by Crippen LogP contribution is 2.24. The third-order valence-electron chi connectivity index (χ3n) is 5.17. The van der Waals surface area contributed by atoms with Gasteiger partial charge in [-0.25, -0.2) is 0 Å². The van der Waals surface area contributed by atoms with E-state index < -0.39 is 0 Å². The van der Waals surface area contributed by atoms with E-state index in [2.05, 4.69) is 21.3 Å². The molecule has 1 aliphatic heterocycles. The summed E-state index contributed by atoms with van der Waals surface area (Å²) in [6.07, 6.45) is 10.7. The zero-order valence-electron chi connectivity index (χ0n) is 13.5. The summed E-state index contributed by atoms with van der Waals surface area (Å²) in [5.74, 6) is 0.678. The number of nitrogens with one attached hydrogen (secondary N) is 1. The molecule has 0 amide bonds. The molecule has 0 radical (unpaired) electrons. The van der Waals surface area contributed by atoms with E-state index in [-0.39, 0.29) is 6.10 Å². The molecule has 0 bridgehead atoms. The van der Waals surface area contributed by atoms with Gasteiger partial charge in [0.25, 0.3) is 0 Å². The van der Waals surface area contributed by atoms with Crippen LogP contribution in [0.1, 0.15) is 44.1 Å². The monoisotopic (exact) mass is 303 g/mol. The summed E-state index contributed by atoms with van der Waals surface area (Å²) in [6.45, 7) is 4.44. The van der Waals surface area contributed by atoms with Gasteiger partial charge in [0.05, 0.1) is 6.10 Å². The molecule has 2 atom stereocenters. The molecule has 1 aromatic heterocycles. The zero-order chi connectivity index (χ0) is 15.2. The van der Waals surface area contributed by atoms with Crippen molar-refractivity contribution in [2.45, 2.75) is 57.2 Å². The van der Waals surface area contributed by atoms with Crippen molar-refractivity contribution >= 4 is 0 Å². The van der Waals surface area contributed by atoms with Crippen LogP contribution in [0, 0.1) is 5.92 Å². The number of aromatic nitrogens is 1. The van der Waals surface area contributed by atoms with Gasteiger partial charge in [0.2, 0.25) is 0 Å². The molecule has 1 saturated heterocycles. The Bertz CT molecular complexity index is 431. The molecule has 2 N–H and O–H groups in total. The van der Waals surface area contributed by atoms with Crippen LogP contribution in [0.3, 0.4) is 0 Å². The van der Waals surface area contributed by atoms with E-state index in [1.54, 1.807) is 0 Å². The van der Waals surface area contributed by atoms with Crippen LogP contribution in [0.25, 0.3) is 0 Å². The van der Waals surface area contributed by atoms with Gasteiger partial charge in [-0.3, -0.25) is 9.88 Å². The molecule has 3 rings (SSSR count). The fourth-order valence-electron chi connectivity index (χ4n) is 3.83. The van der Waals surface area contributed by atoms with Gasteiger partial charge in [-0.15, -0.1) is 0 Å². The molecule has 2 unspecified atom stereocenters. The summed E-state index contributed by atoms with van der Waals surface area (Å²) in [4.78, 5) is 6.72. The van der Waals surface area contributed by atoms with Crippen LogP contribution in [-0.2, 0) is 6.54 Å². The number of pyridine rings is 1. The summed E-state index contributed by atoms with van der Waals surface area (Å²) in [7, 11) is 0. The maximum absolute atomic E-state index is 9.75. The Labute approximate surface area is 133 Å². The van der Waals surface area contributed by atoms with Gasteiger partial charge in [-0.1, -0.05) is 12.5 Å². The van der Waals surface area contributed by atoms with E-state index in [4.69, 9.17) is 0 Å². The van der Waals surface area contributed by atoms with E-state index in [9.17, 15) is 5.11 Å².